The molecule has 136 valence electrons. The maximum Gasteiger partial charge on any atom is 0.348 e. The van der Waals surface area contributed by atoms with Crippen LogP contribution in [0.3, 0.4) is 0 Å². The molecule has 2 N–H and O–H groups in total. The van der Waals surface area contributed by atoms with Gasteiger partial charge in [-0.2, -0.15) is 5.26 Å². The van der Waals surface area contributed by atoms with E-state index in [2.05, 4.69) is 31.4 Å². The van der Waals surface area contributed by atoms with Crippen LogP contribution in [0, 0.1) is 18.3 Å². The molecule has 0 unspecified atom stereocenters. The maximum absolute atomic E-state index is 12.3. The zero-order chi connectivity index (χ0) is 19.5. The Morgan fingerprint density at radius 3 is 2.27 bits per heavy atom. The van der Waals surface area contributed by atoms with Crippen LogP contribution in [0.5, 0.6) is 0 Å². The number of benzene rings is 1. The number of amides is 2. The van der Waals surface area contributed by atoms with Crippen LogP contribution in [0.1, 0.15) is 47.1 Å². The average Bonchev–Trinajstić information content (AvgIpc) is 2.89. The second-order valence-corrected chi connectivity index (χ2v) is 7.79. The molecule has 7 heteroatoms. The Labute approximate surface area is 156 Å². The Kier molecular flexibility index (Phi) is 5.68. The van der Waals surface area contributed by atoms with Crippen molar-refractivity contribution in [3.05, 3.63) is 45.8 Å². The van der Waals surface area contributed by atoms with Gasteiger partial charge in [-0.3, -0.25) is 5.32 Å². The highest BCUT2D eigenvalue weighted by Gasteiger charge is 2.22. The number of hydrogen-bond acceptors (Lipinski definition) is 5. The molecule has 0 bridgehead atoms. The van der Waals surface area contributed by atoms with Crippen LogP contribution < -0.4 is 10.6 Å². The monoisotopic (exact) mass is 371 g/mol. The van der Waals surface area contributed by atoms with Gasteiger partial charge in [-0.15, -0.1) is 11.3 Å². The minimum Gasteiger partial charge on any atom is -0.465 e. The number of anilines is 2. The number of urea groups is 1. The Morgan fingerprint density at radius 2 is 1.77 bits per heavy atom. The van der Waals surface area contributed by atoms with Crippen LogP contribution in [0.25, 0.3) is 0 Å². The Hall–Kier alpha value is -2.85. The number of thiophene rings is 1. The number of carbonyl (C=O) groups excluding carboxylic acids is 2. The van der Waals surface area contributed by atoms with Crippen LogP contribution in [-0.4, -0.2) is 19.1 Å². The fourth-order valence-corrected chi connectivity index (χ4v) is 3.41. The van der Waals surface area contributed by atoms with Gasteiger partial charge in [0.05, 0.1) is 12.7 Å². The van der Waals surface area contributed by atoms with Crippen LogP contribution in [0.15, 0.2) is 24.3 Å². The molecule has 0 radical (unpaired) electrons. The van der Waals surface area contributed by atoms with Crippen LogP contribution in [0.4, 0.5) is 15.5 Å². The predicted molar refractivity (Wildman–Crippen MR) is 103 cm³/mol. The minimum atomic E-state index is -0.532. The van der Waals surface area contributed by atoms with Gasteiger partial charge < -0.3 is 10.1 Å². The SMILES string of the molecule is COC(=O)c1sc(NC(=O)Nc2ccc(C(C)(C)C)cc2)c(C#N)c1C. The van der Waals surface area contributed by atoms with Crippen LogP contribution in [0.2, 0.25) is 0 Å². The Bertz CT molecular complexity index is 871. The summed E-state index contributed by atoms with van der Waals surface area (Å²) in [4.78, 5) is 24.3. The van der Waals surface area contributed by atoms with Crippen molar-refractivity contribution in [3.63, 3.8) is 0 Å². The molecular weight excluding hydrogens is 350 g/mol. The number of hydrogen-bond donors (Lipinski definition) is 2. The minimum absolute atomic E-state index is 0.0290. The lowest BCUT2D eigenvalue weighted by Crippen LogP contribution is -2.19. The number of nitrogens with zero attached hydrogens (tertiary/aromatic N) is 1. The van der Waals surface area contributed by atoms with Gasteiger partial charge in [-0.1, -0.05) is 32.9 Å². The second kappa shape index (κ2) is 7.58. The van der Waals surface area contributed by atoms with Crippen molar-refractivity contribution in [2.24, 2.45) is 0 Å². The first kappa shape index (κ1) is 19.5. The molecule has 0 spiro atoms. The Balaban J connectivity index is 2.15. The summed E-state index contributed by atoms with van der Waals surface area (Å²) in [5.74, 6) is -0.532. The van der Waals surface area contributed by atoms with E-state index in [1.54, 1.807) is 6.92 Å². The summed E-state index contributed by atoms with van der Waals surface area (Å²) in [7, 11) is 1.27. The number of rotatable bonds is 3. The van der Waals surface area contributed by atoms with Crippen molar-refractivity contribution in [2.45, 2.75) is 33.1 Å². The summed E-state index contributed by atoms with van der Waals surface area (Å²) in [5, 5.41) is 15.0. The number of carbonyl (C=O) groups is 2. The van der Waals surface area contributed by atoms with E-state index in [9.17, 15) is 14.9 Å². The molecule has 1 heterocycles. The number of nitrogens with one attached hydrogen (secondary N) is 2. The highest BCUT2D eigenvalue weighted by molar-refractivity contribution is 7.18. The Morgan fingerprint density at radius 1 is 1.15 bits per heavy atom. The van der Waals surface area contributed by atoms with Gasteiger partial charge in [-0.25, -0.2) is 9.59 Å². The molecule has 0 saturated carbocycles. The molecule has 2 rings (SSSR count). The molecule has 0 fully saturated rings. The predicted octanol–water partition coefficient (Wildman–Crippen LogP) is 4.66. The zero-order valence-corrected chi connectivity index (χ0v) is 16.2. The largest absolute Gasteiger partial charge is 0.465 e. The third-order valence-electron chi connectivity index (χ3n) is 3.87. The van der Waals surface area contributed by atoms with Gasteiger partial charge in [0.25, 0.3) is 0 Å². The first-order chi connectivity index (χ1) is 12.2. The molecule has 2 amide bonds. The first-order valence-corrected chi connectivity index (χ1v) is 8.79. The van der Waals surface area contributed by atoms with E-state index < -0.39 is 12.0 Å². The maximum atomic E-state index is 12.3. The molecule has 0 saturated heterocycles. The first-order valence-electron chi connectivity index (χ1n) is 7.97. The molecule has 26 heavy (non-hydrogen) atoms. The summed E-state index contributed by atoms with van der Waals surface area (Å²) in [6.07, 6.45) is 0. The number of ether oxygens (including phenoxy) is 1. The number of nitriles is 1. The van der Waals surface area contributed by atoms with E-state index in [4.69, 9.17) is 4.74 Å². The van der Waals surface area contributed by atoms with E-state index >= 15 is 0 Å². The standard InChI is InChI=1S/C19H21N3O3S/c1-11-14(10-20)16(26-15(11)17(23)25-5)22-18(24)21-13-8-6-12(7-9-13)19(2,3)4/h6-9H,1-5H3,(H2,21,22,24). The van der Waals surface area contributed by atoms with Gasteiger partial charge in [0.1, 0.15) is 15.9 Å². The summed E-state index contributed by atoms with van der Waals surface area (Å²) in [6, 6.07) is 9.10. The highest BCUT2D eigenvalue weighted by atomic mass is 32.1. The van der Waals surface area contributed by atoms with Crippen molar-refractivity contribution in [3.8, 4) is 6.07 Å². The third kappa shape index (κ3) is 4.21. The fraction of sp³-hybridized carbons (Fsp3) is 0.316. The molecule has 2 aromatic rings. The molecule has 0 atom stereocenters. The van der Waals surface area contributed by atoms with Gasteiger partial charge >= 0.3 is 12.0 Å². The van der Waals surface area contributed by atoms with Gasteiger partial charge in [0.15, 0.2) is 0 Å². The average molecular weight is 371 g/mol. The van der Waals surface area contributed by atoms with Gasteiger partial charge in [-0.05, 0) is 35.6 Å². The smallest absolute Gasteiger partial charge is 0.348 e. The molecule has 6 nitrogen and oxygen atoms in total. The fourth-order valence-electron chi connectivity index (χ4n) is 2.34. The topological polar surface area (TPSA) is 91.2 Å². The molecule has 1 aromatic carbocycles. The van der Waals surface area contributed by atoms with Crippen LogP contribution >= 0.6 is 11.3 Å². The zero-order valence-electron chi connectivity index (χ0n) is 15.4. The van der Waals surface area contributed by atoms with Crippen molar-refractivity contribution in [1.29, 1.82) is 5.26 Å². The van der Waals surface area contributed by atoms with Gasteiger partial charge in [0.2, 0.25) is 0 Å². The lowest BCUT2D eigenvalue weighted by molar-refractivity contribution is 0.0605. The normalized spacial score (nSPS) is 10.8. The molecule has 0 aliphatic carbocycles. The van der Waals surface area contributed by atoms with E-state index in [1.807, 2.05) is 30.3 Å². The summed E-state index contributed by atoms with van der Waals surface area (Å²) in [5.41, 5.74) is 2.58. The van der Waals surface area contributed by atoms with Crippen LogP contribution in [-0.2, 0) is 10.2 Å². The lowest BCUT2D eigenvalue weighted by Gasteiger charge is -2.19. The van der Waals surface area contributed by atoms with Gasteiger partial charge in [0, 0.05) is 5.69 Å². The van der Waals surface area contributed by atoms with E-state index in [-0.39, 0.29) is 11.0 Å². The molecule has 0 aliphatic heterocycles. The summed E-state index contributed by atoms with van der Waals surface area (Å²) < 4.78 is 4.70. The highest BCUT2D eigenvalue weighted by Crippen LogP contribution is 2.33. The number of esters is 1. The molecule has 0 aliphatic rings. The number of methoxy groups -OCH3 is 1. The van der Waals surface area contributed by atoms with E-state index in [0.717, 1.165) is 16.9 Å². The van der Waals surface area contributed by atoms with Crippen molar-refractivity contribution in [1.82, 2.24) is 0 Å². The lowest BCUT2D eigenvalue weighted by atomic mass is 9.87. The summed E-state index contributed by atoms with van der Waals surface area (Å²) >= 11 is 1.02. The summed E-state index contributed by atoms with van der Waals surface area (Å²) in [6.45, 7) is 7.99. The van der Waals surface area contributed by atoms with Crippen molar-refractivity contribution in [2.75, 3.05) is 17.7 Å². The molecular formula is C19H21N3O3S. The van der Waals surface area contributed by atoms with Crippen molar-refractivity contribution < 1.29 is 14.3 Å². The van der Waals surface area contributed by atoms with E-state index in [1.165, 1.54) is 7.11 Å². The molecule has 1 aromatic heterocycles. The van der Waals surface area contributed by atoms with Crippen molar-refractivity contribution >= 4 is 34.0 Å². The van der Waals surface area contributed by atoms with E-state index in [0.29, 0.717) is 21.1 Å². The quantitative estimate of drug-likeness (QED) is 0.768. The second-order valence-electron chi connectivity index (χ2n) is 6.77. The third-order valence-corrected chi connectivity index (χ3v) is 5.05.